The van der Waals surface area contributed by atoms with Crippen molar-refractivity contribution < 1.29 is 36.5 Å². The van der Waals surface area contributed by atoms with E-state index in [2.05, 4.69) is 25.1 Å². The summed E-state index contributed by atoms with van der Waals surface area (Å²) in [4.78, 5) is 30.1. The summed E-state index contributed by atoms with van der Waals surface area (Å²) in [6.07, 6.45) is -4.74. The van der Waals surface area contributed by atoms with Gasteiger partial charge in [-0.15, -0.1) is 0 Å². The van der Waals surface area contributed by atoms with Gasteiger partial charge >= 0.3 is 12.1 Å². The molecule has 33 heavy (non-hydrogen) atoms. The Morgan fingerprint density at radius 2 is 1.94 bits per heavy atom. The quantitative estimate of drug-likeness (QED) is 0.609. The minimum absolute atomic E-state index is 0.108. The first-order valence-corrected chi connectivity index (χ1v) is 9.84. The summed E-state index contributed by atoms with van der Waals surface area (Å²) in [7, 11) is 0. The van der Waals surface area contributed by atoms with Crippen molar-refractivity contribution in [2.24, 2.45) is 0 Å². The van der Waals surface area contributed by atoms with Gasteiger partial charge in [-0.25, -0.2) is 0 Å². The maximum absolute atomic E-state index is 12.7. The van der Waals surface area contributed by atoms with Gasteiger partial charge in [-0.2, -0.15) is 18.2 Å². The topological polar surface area (TPSA) is 124 Å². The molecule has 0 aliphatic carbocycles. The number of alkyl halides is 3. The van der Waals surface area contributed by atoms with Gasteiger partial charge < -0.3 is 24.0 Å². The highest BCUT2D eigenvalue weighted by Gasteiger charge is 2.38. The third-order valence-electron chi connectivity index (χ3n) is 4.90. The summed E-state index contributed by atoms with van der Waals surface area (Å²) >= 11 is 0. The molecular weight excluding hydrogens is 447 g/mol. The molecule has 1 fully saturated rings. The normalized spacial score (nSPS) is 16.6. The highest BCUT2D eigenvalue weighted by atomic mass is 19.4. The monoisotopic (exact) mass is 465 g/mol. The van der Waals surface area contributed by atoms with E-state index in [4.69, 9.17) is 9.26 Å². The van der Waals surface area contributed by atoms with Crippen LogP contribution in [-0.2, 0) is 10.9 Å². The van der Waals surface area contributed by atoms with E-state index in [0.717, 1.165) is 0 Å². The fraction of sp³-hybridized carbons (Fsp3) is 0.350. The van der Waals surface area contributed by atoms with Crippen LogP contribution in [0.4, 0.5) is 13.2 Å². The molecule has 13 heteroatoms. The van der Waals surface area contributed by atoms with Gasteiger partial charge in [0.15, 0.2) is 0 Å². The van der Waals surface area contributed by atoms with Crippen LogP contribution in [0.25, 0.3) is 11.4 Å². The lowest BCUT2D eigenvalue weighted by Gasteiger charge is -2.35. The van der Waals surface area contributed by atoms with E-state index in [1.165, 1.54) is 30.3 Å². The van der Waals surface area contributed by atoms with Crippen molar-refractivity contribution in [1.82, 2.24) is 25.5 Å². The number of halogens is 3. The predicted octanol–water partition coefficient (Wildman–Crippen LogP) is 2.32. The molecule has 4 rings (SSSR count). The van der Waals surface area contributed by atoms with Crippen LogP contribution in [-0.4, -0.2) is 64.4 Å². The molecule has 1 aromatic carbocycles. The second kappa shape index (κ2) is 9.02. The summed E-state index contributed by atoms with van der Waals surface area (Å²) in [6, 6.07) is 6.78. The number of morpholine rings is 1. The number of benzene rings is 1. The zero-order chi connectivity index (χ0) is 23.6. The number of ether oxygens (including phenoxy) is 1. The second-order valence-corrected chi connectivity index (χ2v) is 7.27. The van der Waals surface area contributed by atoms with Crippen LogP contribution in [0, 0.1) is 6.92 Å². The zero-order valence-corrected chi connectivity index (χ0v) is 17.3. The molecule has 3 aromatic rings. The van der Waals surface area contributed by atoms with Gasteiger partial charge in [0.2, 0.25) is 11.6 Å². The van der Waals surface area contributed by atoms with Gasteiger partial charge in [-0.1, -0.05) is 22.4 Å². The predicted molar refractivity (Wildman–Crippen MR) is 104 cm³/mol. The Morgan fingerprint density at radius 1 is 1.18 bits per heavy atom. The molecule has 2 aromatic heterocycles. The number of carbonyl (C=O) groups excluding carboxylic acids is 2. The first kappa shape index (κ1) is 22.5. The number of nitrogens with zero attached hydrogens (tertiary/aromatic N) is 4. The fourth-order valence-electron chi connectivity index (χ4n) is 3.24. The lowest BCUT2D eigenvalue weighted by atomic mass is 10.1. The zero-order valence-electron chi connectivity index (χ0n) is 17.3. The Balaban J connectivity index is 1.38. The maximum atomic E-state index is 12.7. The Morgan fingerprint density at radius 3 is 2.58 bits per heavy atom. The molecule has 0 radical (unpaired) electrons. The minimum Gasteiger partial charge on any atom is -0.377 e. The van der Waals surface area contributed by atoms with Gasteiger partial charge in [0.05, 0.1) is 24.9 Å². The summed E-state index contributed by atoms with van der Waals surface area (Å²) < 4.78 is 52.5. The van der Waals surface area contributed by atoms with Crippen LogP contribution >= 0.6 is 0 Å². The standard InChI is InChI=1S/C20H18F3N5O5/c1-11-8-15(32-26-11)18(30)28-6-7-31-10-14(28)9-24-17(29)13-4-2-12(3-5-13)16-25-19(33-27-16)20(21,22)23/h2-5,8,14H,6-7,9-10H2,1H3,(H,24,29)/t14-/m0/s1. The first-order chi connectivity index (χ1) is 15.7. The highest BCUT2D eigenvalue weighted by Crippen LogP contribution is 2.29. The minimum atomic E-state index is -4.74. The number of amides is 2. The Kier molecular flexibility index (Phi) is 6.14. The smallest absolute Gasteiger partial charge is 0.377 e. The van der Waals surface area contributed by atoms with E-state index in [9.17, 15) is 22.8 Å². The molecule has 0 spiro atoms. The summed E-state index contributed by atoms with van der Waals surface area (Å²) in [5.74, 6) is -2.37. The van der Waals surface area contributed by atoms with E-state index >= 15 is 0 Å². The van der Waals surface area contributed by atoms with Gasteiger partial charge in [0.25, 0.3) is 11.8 Å². The van der Waals surface area contributed by atoms with Gasteiger partial charge in [-0.3, -0.25) is 9.59 Å². The molecule has 1 N–H and O–H groups in total. The molecule has 3 heterocycles. The fourth-order valence-corrected chi connectivity index (χ4v) is 3.24. The average Bonchev–Trinajstić information content (AvgIpc) is 3.47. The number of aromatic nitrogens is 3. The van der Waals surface area contributed by atoms with E-state index in [-0.39, 0.29) is 41.8 Å². The molecule has 10 nitrogen and oxygen atoms in total. The van der Waals surface area contributed by atoms with Crippen LogP contribution in [0.15, 0.2) is 39.4 Å². The first-order valence-electron chi connectivity index (χ1n) is 9.84. The molecule has 1 aliphatic rings. The van der Waals surface area contributed by atoms with Crippen LogP contribution in [0.3, 0.4) is 0 Å². The van der Waals surface area contributed by atoms with Crippen molar-refractivity contribution in [2.75, 3.05) is 26.3 Å². The highest BCUT2D eigenvalue weighted by molar-refractivity contribution is 5.95. The molecule has 174 valence electrons. The molecule has 2 amide bonds. The van der Waals surface area contributed by atoms with E-state index in [0.29, 0.717) is 18.8 Å². The van der Waals surface area contributed by atoms with Gasteiger partial charge in [0.1, 0.15) is 0 Å². The number of aryl methyl sites for hydroxylation is 1. The van der Waals surface area contributed by atoms with Crippen molar-refractivity contribution in [3.8, 4) is 11.4 Å². The maximum Gasteiger partial charge on any atom is 0.471 e. The van der Waals surface area contributed by atoms with Crippen LogP contribution in [0.1, 0.15) is 32.5 Å². The molecule has 1 atom stereocenters. The SMILES string of the molecule is Cc1cc(C(=O)N2CCOC[C@@H]2CNC(=O)c2ccc(-c3noc(C(F)(F)F)n3)cc2)on1. The van der Waals surface area contributed by atoms with Crippen molar-refractivity contribution in [3.05, 3.63) is 53.2 Å². The Bertz CT molecular complexity index is 1140. The molecule has 0 unspecified atom stereocenters. The summed E-state index contributed by atoms with van der Waals surface area (Å²) in [6.45, 7) is 2.75. The van der Waals surface area contributed by atoms with Crippen molar-refractivity contribution in [1.29, 1.82) is 0 Å². The Labute approximate surface area is 184 Å². The number of hydrogen-bond donors (Lipinski definition) is 1. The third-order valence-corrected chi connectivity index (χ3v) is 4.90. The molecule has 0 bridgehead atoms. The van der Waals surface area contributed by atoms with Crippen LogP contribution in [0.5, 0.6) is 0 Å². The van der Waals surface area contributed by atoms with Crippen molar-refractivity contribution >= 4 is 11.8 Å². The van der Waals surface area contributed by atoms with Crippen molar-refractivity contribution in [3.63, 3.8) is 0 Å². The van der Waals surface area contributed by atoms with Crippen LogP contribution in [0.2, 0.25) is 0 Å². The summed E-state index contributed by atoms with van der Waals surface area (Å²) in [5, 5.41) is 9.76. The number of carbonyl (C=O) groups is 2. The largest absolute Gasteiger partial charge is 0.471 e. The van der Waals surface area contributed by atoms with E-state index in [1.54, 1.807) is 11.8 Å². The van der Waals surface area contributed by atoms with Gasteiger partial charge in [0, 0.05) is 30.3 Å². The molecule has 1 saturated heterocycles. The molecular formula is C20H18F3N5O5. The Hall–Kier alpha value is -3.74. The van der Waals surface area contributed by atoms with Gasteiger partial charge in [-0.05, 0) is 19.1 Å². The number of nitrogens with one attached hydrogen (secondary N) is 1. The van der Waals surface area contributed by atoms with E-state index in [1.807, 2.05) is 0 Å². The van der Waals surface area contributed by atoms with E-state index < -0.39 is 24.0 Å². The third kappa shape index (κ3) is 5.03. The molecule has 1 aliphatic heterocycles. The molecule has 0 saturated carbocycles. The summed E-state index contributed by atoms with van der Waals surface area (Å²) in [5.41, 5.74) is 1.10. The van der Waals surface area contributed by atoms with Crippen molar-refractivity contribution in [2.45, 2.75) is 19.1 Å². The average molecular weight is 465 g/mol. The number of hydrogen-bond acceptors (Lipinski definition) is 8. The number of rotatable bonds is 5. The lowest BCUT2D eigenvalue weighted by Crippen LogP contribution is -2.53. The second-order valence-electron chi connectivity index (χ2n) is 7.27. The lowest BCUT2D eigenvalue weighted by molar-refractivity contribution is -0.159. The van der Waals surface area contributed by atoms with Crippen LogP contribution < -0.4 is 5.32 Å².